The van der Waals surface area contributed by atoms with Crippen molar-refractivity contribution in [1.29, 1.82) is 0 Å². The minimum atomic E-state index is -1.01. The van der Waals surface area contributed by atoms with Crippen LogP contribution in [0.15, 0.2) is 18.2 Å². The monoisotopic (exact) mass is 369 g/mol. The van der Waals surface area contributed by atoms with E-state index in [-0.39, 0.29) is 23.7 Å². The van der Waals surface area contributed by atoms with Crippen LogP contribution in [-0.2, 0) is 9.59 Å². The maximum atomic E-state index is 12.2. The van der Waals surface area contributed by atoms with Gasteiger partial charge < -0.3 is 15.3 Å². The van der Waals surface area contributed by atoms with Crippen LogP contribution in [0.4, 0.5) is 5.69 Å². The molecule has 10 heteroatoms. The lowest BCUT2D eigenvalue weighted by molar-refractivity contribution is -0.385. The summed E-state index contributed by atoms with van der Waals surface area (Å²) in [6, 6.07) is 3.82. The van der Waals surface area contributed by atoms with E-state index in [1.54, 1.807) is 6.92 Å². The number of rotatable bonds is 5. The number of hydrogen-bond acceptors (Lipinski definition) is 5. The van der Waals surface area contributed by atoms with Gasteiger partial charge in [-0.1, -0.05) is 17.7 Å². The highest BCUT2D eigenvalue weighted by Crippen LogP contribution is 2.30. The van der Waals surface area contributed by atoms with E-state index in [0.29, 0.717) is 6.42 Å². The molecule has 0 radical (unpaired) electrons. The second kappa shape index (κ2) is 7.06. The second-order valence-corrected chi connectivity index (χ2v) is 6.41. The Labute approximate surface area is 147 Å². The predicted molar refractivity (Wildman–Crippen MR) is 87.4 cm³/mol. The van der Waals surface area contributed by atoms with Crippen LogP contribution in [0.1, 0.15) is 23.7 Å². The number of amides is 2. The van der Waals surface area contributed by atoms with Crippen LogP contribution in [0.5, 0.6) is 0 Å². The molecule has 1 aromatic carbocycles. The topological polar surface area (TPSA) is 130 Å². The van der Waals surface area contributed by atoms with Crippen LogP contribution in [-0.4, -0.2) is 52.3 Å². The number of nitro groups is 1. The van der Waals surface area contributed by atoms with Gasteiger partial charge in [0.15, 0.2) is 0 Å². The molecule has 1 atom stereocenters. The third-order valence-electron chi connectivity index (χ3n) is 4.16. The largest absolute Gasteiger partial charge is 0.481 e. The van der Waals surface area contributed by atoms with Gasteiger partial charge in [-0.15, -0.1) is 0 Å². The van der Waals surface area contributed by atoms with Gasteiger partial charge in [0.25, 0.3) is 11.6 Å². The Hall–Kier alpha value is -2.68. The summed E-state index contributed by atoms with van der Waals surface area (Å²) in [5.41, 5.74) is -1.79. The van der Waals surface area contributed by atoms with Gasteiger partial charge in [0.1, 0.15) is 5.56 Å². The van der Waals surface area contributed by atoms with Crippen LogP contribution in [0.3, 0.4) is 0 Å². The number of aliphatic carboxylic acids is 1. The van der Waals surface area contributed by atoms with Gasteiger partial charge in [-0.3, -0.25) is 24.5 Å². The van der Waals surface area contributed by atoms with Crippen molar-refractivity contribution in [2.75, 3.05) is 19.6 Å². The fourth-order valence-corrected chi connectivity index (χ4v) is 2.85. The standard InChI is InChI=1S/C15H16ClN3O6/c1-15(14(22)23)5-6-18(8-15)11(20)7-17-13(21)12-9(16)3-2-4-10(12)19(24)25/h2-4H,5-8H2,1H3,(H,17,21)(H,22,23). The first kappa shape index (κ1) is 18.7. The molecule has 1 unspecified atom stereocenters. The van der Waals surface area contributed by atoms with Crippen molar-refractivity contribution in [3.63, 3.8) is 0 Å². The molecule has 0 bridgehead atoms. The Morgan fingerprint density at radius 3 is 2.68 bits per heavy atom. The molecule has 1 aromatic rings. The summed E-state index contributed by atoms with van der Waals surface area (Å²) in [7, 11) is 0. The molecule has 2 rings (SSSR count). The third-order valence-corrected chi connectivity index (χ3v) is 4.47. The van der Waals surface area contributed by atoms with Crippen LogP contribution in [0, 0.1) is 15.5 Å². The van der Waals surface area contributed by atoms with E-state index in [1.807, 2.05) is 0 Å². The average Bonchev–Trinajstić information content (AvgIpc) is 2.96. The molecule has 0 aliphatic carbocycles. The molecule has 9 nitrogen and oxygen atoms in total. The molecule has 1 saturated heterocycles. The summed E-state index contributed by atoms with van der Waals surface area (Å²) in [6.07, 6.45) is 0.317. The molecule has 1 heterocycles. The van der Waals surface area contributed by atoms with Gasteiger partial charge >= 0.3 is 5.97 Å². The highest BCUT2D eigenvalue weighted by Gasteiger charge is 2.42. The minimum Gasteiger partial charge on any atom is -0.481 e. The van der Waals surface area contributed by atoms with Crippen molar-refractivity contribution in [2.45, 2.75) is 13.3 Å². The molecule has 2 N–H and O–H groups in total. The zero-order valence-electron chi connectivity index (χ0n) is 13.3. The molecule has 1 aliphatic rings. The third kappa shape index (κ3) is 3.87. The zero-order valence-corrected chi connectivity index (χ0v) is 14.1. The number of carboxylic acid groups (broad SMARTS) is 1. The number of halogens is 1. The molecule has 2 amide bonds. The van der Waals surface area contributed by atoms with Gasteiger partial charge in [0.05, 0.1) is 21.9 Å². The van der Waals surface area contributed by atoms with Crippen LogP contribution in [0.2, 0.25) is 5.02 Å². The SMILES string of the molecule is CC1(C(=O)O)CCN(C(=O)CNC(=O)c2c(Cl)cccc2[N+](=O)[O-])C1. The van der Waals surface area contributed by atoms with Crippen LogP contribution >= 0.6 is 11.6 Å². The van der Waals surface area contributed by atoms with E-state index < -0.39 is 40.4 Å². The number of hydrogen-bond donors (Lipinski definition) is 2. The summed E-state index contributed by atoms with van der Waals surface area (Å²) in [6.45, 7) is 1.46. The summed E-state index contributed by atoms with van der Waals surface area (Å²) in [5.74, 6) is -2.29. The number of carbonyl (C=O) groups is 3. The number of carboxylic acids is 1. The summed E-state index contributed by atoms with van der Waals surface area (Å²) < 4.78 is 0. The molecule has 0 aromatic heterocycles. The van der Waals surface area contributed by atoms with Crippen molar-refractivity contribution in [3.05, 3.63) is 38.9 Å². The van der Waals surface area contributed by atoms with E-state index in [2.05, 4.69) is 5.32 Å². The number of carbonyl (C=O) groups excluding carboxylic acids is 2. The number of nitro benzene ring substituents is 1. The van der Waals surface area contributed by atoms with Crippen molar-refractivity contribution >= 4 is 35.1 Å². The van der Waals surface area contributed by atoms with Gasteiger partial charge in [-0.2, -0.15) is 0 Å². The zero-order chi connectivity index (χ0) is 18.8. The predicted octanol–water partition coefficient (Wildman–Crippen LogP) is 1.30. The van der Waals surface area contributed by atoms with E-state index in [4.69, 9.17) is 16.7 Å². The number of likely N-dealkylation sites (tertiary alicyclic amines) is 1. The molecule has 134 valence electrons. The molecule has 25 heavy (non-hydrogen) atoms. The van der Waals surface area contributed by atoms with Crippen molar-refractivity contribution in [2.24, 2.45) is 5.41 Å². The first-order chi connectivity index (χ1) is 11.7. The maximum absolute atomic E-state index is 12.2. The Kier molecular flexibility index (Phi) is 5.27. The Bertz CT molecular complexity index is 753. The number of nitrogens with one attached hydrogen (secondary N) is 1. The smallest absolute Gasteiger partial charge is 0.311 e. The van der Waals surface area contributed by atoms with Gasteiger partial charge in [0.2, 0.25) is 5.91 Å². The minimum absolute atomic E-state index is 0.0449. The van der Waals surface area contributed by atoms with Crippen molar-refractivity contribution < 1.29 is 24.4 Å². The molecular weight excluding hydrogens is 354 g/mol. The molecule has 1 fully saturated rings. The average molecular weight is 370 g/mol. The number of benzene rings is 1. The van der Waals surface area contributed by atoms with Gasteiger partial charge in [-0.25, -0.2) is 0 Å². The summed E-state index contributed by atoms with van der Waals surface area (Å²) in [5, 5.41) is 22.4. The first-order valence-electron chi connectivity index (χ1n) is 7.38. The van der Waals surface area contributed by atoms with E-state index >= 15 is 0 Å². The molecular formula is C15H16ClN3O6. The highest BCUT2D eigenvalue weighted by molar-refractivity contribution is 6.34. The molecule has 1 aliphatic heterocycles. The fourth-order valence-electron chi connectivity index (χ4n) is 2.59. The Morgan fingerprint density at radius 1 is 1.44 bits per heavy atom. The first-order valence-corrected chi connectivity index (χ1v) is 7.76. The Balaban J connectivity index is 2.03. The Morgan fingerprint density at radius 2 is 2.12 bits per heavy atom. The maximum Gasteiger partial charge on any atom is 0.311 e. The van der Waals surface area contributed by atoms with E-state index in [0.717, 1.165) is 6.07 Å². The highest BCUT2D eigenvalue weighted by atomic mass is 35.5. The second-order valence-electron chi connectivity index (χ2n) is 6.00. The lowest BCUT2D eigenvalue weighted by Crippen LogP contribution is -2.41. The van der Waals surface area contributed by atoms with Gasteiger partial charge in [0, 0.05) is 19.2 Å². The van der Waals surface area contributed by atoms with Crippen molar-refractivity contribution in [3.8, 4) is 0 Å². The van der Waals surface area contributed by atoms with Gasteiger partial charge in [-0.05, 0) is 19.4 Å². The quantitative estimate of drug-likeness (QED) is 0.594. The van der Waals surface area contributed by atoms with Crippen LogP contribution in [0.25, 0.3) is 0 Å². The molecule has 0 spiro atoms. The normalized spacial score (nSPS) is 19.5. The summed E-state index contributed by atoms with van der Waals surface area (Å²) in [4.78, 5) is 47.1. The lowest BCUT2D eigenvalue weighted by Gasteiger charge is -2.20. The fraction of sp³-hybridized carbons (Fsp3) is 0.400. The number of nitrogens with zero attached hydrogens (tertiary/aromatic N) is 2. The van der Waals surface area contributed by atoms with E-state index in [9.17, 15) is 24.5 Å². The van der Waals surface area contributed by atoms with E-state index in [1.165, 1.54) is 17.0 Å². The summed E-state index contributed by atoms with van der Waals surface area (Å²) >= 11 is 5.86. The van der Waals surface area contributed by atoms with Crippen LogP contribution < -0.4 is 5.32 Å². The lowest BCUT2D eigenvalue weighted by atomic mass is 9.90. The molecule has 0 saturated carbocycles. The van der Waals surface area contributed by atoms with Crippen molar-refractivity contribution in [1.82, 2.24) is 10.2 Å².